The molecule has 1 heterocycles. The summed E-state index contributed by atoms with van der Waals surface area (Å²) in [5.41, 5.74) is 10.9. The van der Waals surface area contributed by atoms with Gasteiger partial charge in [-0.15, -0.1) is 6.58 Å². The molecule has 0 saturated heterocycles. The largest absolute Gasteiger partial charge is 0.383 e. The van der Waals surface area contributed by atoms with Gasteiger partial charge in [0.25, 0.3) is 0 Å². The summed E-state index contributed by atoms with van der Waals surface area (Å²) in [5.74, 6) is 2.46. The minimum atomic E-state index is 0.581. The van der Waals surface area contributed by atoms with Crippen LogP contribution in [-0.2, 0) is 6.54 Å². The number of nitrogen functional groups attached to an aromatic ring is 1. The number of hydrogen-bond donors (Lipinski definition) is 1. The molecule has 0 unspecified atom stereocenters. The summed E-state index contributed by atoms with van der Waals surface area (Å²) in [6.45, 7) is 8.80. The number of aryl methyl sites for hydroxylation is 2. The van der Waals surface area contributed by atoms with E-state index in [9.17, 15) is 0 Å². The van der Waals surface area contributed by atoms with Crippen molar-refractivity contribution in [2.24, 2.45) is 0 Å². The second-order valence-corrected chi connectivity index (χ2v) is 5.68. The van der Waals surface area contributed by atoms with Crippen LogP contribution in [0.4, 0.5) is 5.82 Å². The fraction of sp³-hybridized carbons (Fsp3) is 0.353. The van der Waals surface area contributed by atoms with Crippen molar-refractivity contribution >= 4 is 5.82 Å². The first-order valence-electron chi connectivity index (χ1n) is 7.16. The van der Waals surface area contributed by atoms with Crippen LogP contribution in [0.1, 0.15) is 35.7 Å². The monoisotopic (exact) mass is 267 g/mol. The van der Waals surface area contributed by atoms with Crippen LogP contribution in [0.15, 0.2) is 30.9 Å². The average molecular weight is 267 g/mol. The zero-order valence-electron chi connectivity index (χ0n) is 12.2. The van der Waals surface area contributed by atoms with Crippen molar-refractivity contribution in [3.05, 3.63) is 47.8 Å². The van der Waals surface area contributed by atoms with E-state index < -0.39 is 0 Å². The molecule has 3 heteroatoms. The fourth-order valence-corrected chi connectivity index (χ4v) is 2.56. The lowest BCUT2D eigenvalue weighted by Gasteiger charge is -2.06. The lowest BCUT2D eigenvalue weighted by Crippen LogP contribution is -2.05. The van der Waals surface area contributed by atoms with Crippen LogP contribution in [0.25, 0.3) is 11.3 Å². The van der Waals surface area contributed by atoms with E-state index in [0.717, 1.165) is 29.4 Å². The Morgan fingerprint density at radius 2 is 2.10 bits per heavy atom. The summed E-state index contributed by atoms with van der Waals surface area (Å²) in [4.78, 5) is 4.82. The van der Waals surface area contributed by atoms with Crippen LogP contribution in [-0.4, -0.2) is 9.55 Å². The van der Waals surface area contributed by atoms with Gasteiger partial charge < -0.3 is 10.3 Å². The summed E-state index contributed by atoms with van der Waals surface area (Å²) in [5, 5.41) is 0. The average Bonchev–Trinajstić information content (AvgIpc) is 3.21. The Labute approximate surface area is 120 Å². The third-order valence-electron chi connectivity index (χ3n) is 4.07. The van der Waals surface area contributed by atoms with Crippen molar-refractivity contribution in [2.45, 2.75) is 39.2 Å². The van der Waals surface area contributed by atoms with E-state index in [0.29, 0.717) is 5.92 Å². The predicted molar refractivity (Wildman–Crippen MR) is 83.7 cm³/mol. The standard InChI is InChI=1S/C17H21N3/c1-4-9-20-16(18)15(19-17(20)13-7-8-13)14-6-5-11(2)12(3)10-14/h4-6,10,13H,1,7-9,18H2,2-3H3. The molecule has 20 heavy (non-hydrogen) atoms. The zero-order chi connectivity index (χ0) is 14.3. The van der Waals surface area contributed by atoms with Crippen LogP contribution in [0, 0.1) is 13.8 Å². The smallest absolute Gasteiger partial charge is 0.132 e. The van der Waals surface area contributed by atoms with Crippen LogP contribution < -0.4 is 5.73 Å². The molecule has 0 radical (unpaired) electrons. The molecule has 0 amide bonds. The topological polar surface area (TPSA) is 43.8 Å². The molecule has 0 aliphatic heterocycles. The maximum atomic E-state index is 6.33. The molecular weight excluding hydrogens is 246 g/mol. The Morgan fingerprint density at radius 1 is 1.35 bits per heavy atom. The van der Waals surface area contributed by atoms with Crippen molar-refractivity contribution < 1.29 is 0 Å². The van der Waals surface area contributed by atoms with Crippen molar-refractivity contribution in [2.75, 3.05) is 5.73 Å². The maximum Gasteiger partial charge on any atom is 0.132 e. The summed E-state index contributed by atoms with van der Waals surface area (Å²) < 4.78 is 2.11. The van der Waals surface area contributed by atoms with Crippen LogP contribution >= 0.6 is 0 Å². The Morgan fingerprint density at radius 3 is 2.70 bits per heavy atom. The van der Waals surface area contributed by atoms with Gasteiger partial charge in [-0.3, -0.25) is 0 Å². The second kappa shape index (κ2) is 4.82. The minimum Gasteiger partial charge on any atom is -0.383 e. The van der Waals surface area contributed by atoms with Gasteiger partial charge in [0.15, 0.2) is 0 Å². The van der Waals surface area contributed by atoms with E-state index in [1.165, 1.54) is 24.0 Å². The molecule has 3 nitrogen and oxygen atoms in total. The molecule has 2 aromatic rings. The first kappa shape index (κ1) is 13.0. The number of aromatic nitrogens is 2. The van der Waals surface area contributed by atoms with Crippen molar-refractivity contribution in [3.63, 3.8) is 0 Å². The van der Waals surface area contributed by atoms with Crippen LogP contribution in [0.2, 0.25) is 0 Å². The summed E-state index contributed by atoms with van der Waals surface area (Å²) in [7, 11) is 0. The van der Waals surface area contributed by atoms with E-state index in [2.05, 4.69) is 43.2 Å². The minimum absolute atomic E-state index is 0.581. The van der Waals surface area contributed by atoms with E-state index in [1.807, 2.05) is 6.08 Å². The van der Waals surface area contributed by atoms with Gasteiger partial charge in [0.2, 0.25) is 0 Å². The quantitative estimate of drug-likeness (QED) is 0.856. The van der Waals surface area contributed by atoms with Gasteiger partial charge in [0.1, 0.15) is 17.3 Å². The normalized spacial score (nSPS) is 14.5. The van der Waals surface area contributed by atoms with Gasteiger partial charge in [-0.05, 0) is 43.9 Å². The van der Waals surface area contributed by atoms with Crippen molar-refractivity contribution in [1.29, 1.82) is 0 Å². The highest BCUT2D eigenvalue weighted by Crippen LogP contribution is 2.42. The third-order valence-corrected chi connectivity index (χ3v) is 4.07. The highest BCUT2D eigenvalue weighted by atomic mass is 15.1. The van der Waals surface area contributed by atoms with Gasteiger partial charge >= 0.3 is 0 Å². The highest BCUT2D eigenvalue weighted by molar-refractivity contribution is 5.72. The molecule has 0 atom stereocenters. The second-order valence-electron chi connectivity index (χ2n) is 5.68. The fourth-order valence-electron chi connectivity index (χ4n) is 2.56. The molecule has 1 fully saturated rings. The Balaban J connectivity index is 2.10. The summed E-state index contributed by atoms with van der Waals surface area (Å²) in [6.07, 6.45) is 4.33. The Kier molecular flexibility index (Phi) is 3.13. The number of allylic oxidation sites excluding steroid dienone is 1. The highest BCUT2D eigenvalue weighted by Gasteiger charge is 2.30. The first-order chi connectivity index (χ1) is 9.61. The number of nitrogens with zero attached hydrogens (tertiary/aromatic N) is 2. The SMILES string of the molecule is C=CCn1c(C2CC2)nc(-c2ccc(C)c(C)c2)c1N. The Bertz CT molecular complexity index is 663. The molecule has 2 N–H and O–H groups in total. The van der Waals surface area contributed by atoms with Crippen molar-refractivity contribution in [3.8, 4) is 11.3 Å². The molecular formula is C17H21N3. The molecule has 1 aliphatic rings. The lowest BCUT2D eigenvalue weighted by molar-refractivity contribution is 0.750. The maximum absolute atomic E-state index is 6.33. The zero-order valence-corrected chi connectivity index (χ0v) is 12.2. The number of benzene rings is 1. The van der Waals surface area contributed by atoms with E-state index >= 15 is 0 Å². The number of nitrogens with two attached hydrogens (primary N) is 1. The number of hydrogen-bond acceptors (Lipinski definition) is 2. The molecule has 1 saturated carbocycles. The number of imidazole rings is 1. The molecule has 104 valence electrons. The summed E-state index contributed by atoms with van der Waals surface area (Å²) in [6, 6.07) is 6.41. The van der Waals surface area contributed by atoms with Gasteiger partial charge in [-0.1, -0.05) is 18.2 Å². The lowest BCUT2D eigenvalue weighted by atomic mass is 10.0. The van der Waals surface area contributed by atoms with Crippen LogP contribution in [0.5, 0.6) is 0 Å². The molecule has 0 spiro atoms. The summed E-state index contributed by atoms with van der Waals surface area (Å²) >= 11 is 0. The number of anilines is 1. The molecule has 1 aromatic carbocycles. The van der Waals surface area contributed by atoms with Gasteiger partial charge in [0.05, 0.1) is 0 Å². The predicted octanol–water partition coefficient (Wildman–Crippen LogP) is 3.81. The molecule has 3 rings (SSSR count). The number of rotatable bonds is 4. The Hall–Kier alpha value is -2.03. The van der Waals surface area contributed by atoms with Gasteiger partial charge in [0, 0.05) is 18.0 Å². The van der Waals surface area contributed by atoms with E-state index in [4.69, 9.17) is 10.7 Å². The van der Waals surface area contributed by atoms with E-state index in [-0.39, 0.29) is 0 Å². The van der Waals surface area contributed by atoms with Crippen molar-refractivity contribution in [1.82, 2.24) is 9.55 Å². The van der Waals surface area contributed by atoms with Gasteiger partial charge in [-0.2, -0.15) is 0 Å². The molecule has 0 bridgehead atoms. The van der Waals surface area contributed by atoms with E-state index in [1.54, 1.807) is 0 Å². The first-order valence-corrected chi connectivity index (χ1v) is 7.16. The molecule has 1 aliphatic carbocycles. The van der Waals surface area contributed by atoms with Crippen LogP contribution in [0.3, 0.4) is 0 Å². The van der Waals surface area contributed by atoms with Gasteiger partial charge in [-0.25, -0.2) is 4.98 Å². The third kappa shape index (κ3) is 2.13. The molecule has 1 aromatic heterocycles.